The van der Waals surface area contributed by atoms with Gasteiger partial charge in [0, 0.05) is 27.1 Å². The predicted molar refractivity (Wildman–Crippen MR) is 117 cm³/mol. The molecule has 2 atom stereocenters. The van der Waals surface area contributed by atoms with Crippen LogP contribution in [0.1, 0.15) is 18.3 Å². The number of carbonyl (C=O) groups excluding carboxylic acids is 2. The predicted octanol–water partition coefficient (Wildman–Crippen LogP) is -2.69. The van der Waals surface area contributed by atoms with E-state index in [1.165, 1.54) is 0 Å². The number of aromatic amines is 1. The number of nitrogens with one attached hydrogen (secondary N) is 3. The molecule has 180 valence electrons. The largest absolute Gasteiger partial charge is 0.480 e. The lowest BCUT2D eigenvalue weighted by Crippen LogP contribution is -2.49. The van der Waals surface area contributed by atoms with Crippen molar-refractivity contribution in [2.24, 2.45) is 5.73 Å². The number of carbonyl (C=O) groups is 4. The van der Waals surface area contributed by atoms with Gasteiger partial charge in [-0.05, 0) is 6.42 Å². The molecule has 16 heteroatoms. The number of hydrogen-bond acceptors (Lipinski definition) is 10. The van der Waals surface area contributed by atoms with E-state index in [0.29, 0.717) is 4.57 Å². The number of fused-ring (bicyclic) bond motifs is 1. The molecule has 33 heavy (non-hydrogen) atoms. The molecule has 15 nitrogen and oxygen atoms in total. The molecule has 0 fully saturated rings. The number of nitrogen functional groups attached to an aromatic ring is 1. The summed E-state index contributed by atoms with van der Waals surface area (Å²) in [4.78, 5) is 68.3. The molecule has 0 aromatic carbocycles. The van der Waals surface area contributed by atoms with Gasteiger partial charge >= 0.3 is 11.9 Å². The highest BCUT2D eigenvalue weighted by Gasteiger charge is 2.22. The van der Waals surface area contributed by atoms with Gasteiger partial charge in [0.05, 0.1) is 9.07 Å². The third kappa shape index (κ3) is 7.76. The van der Waals surface area contributed by atoms with Crippen molar-refractivity contribution in [3.8, 4) is 0 Å². The van der Waals surface area contributed by atoms with Crippen LogP contribution >= 0.6 is 11.8 Å². The number of carboxylic acid groups (broad SMARTS) is 2. The van der Waals surface area contributed by atoms with Crippen molar-refractivity contribution in [3.63, 3.8) is 0 Å². The summed E-state index contributed by atoms with van der Waals surface area (Å²) >= 11 is 0.254. The molecular formula is C17H24N8O7S. The van der Waals surface area contributed by atoms with Gasteiger partial charge in [-0.3, -0.25) is 29.0 Å². The zero-order chi connectivity index (χ0) is 28.1. The average Bonchev–Trinajstić information content (AvgIpc) is 3.23. The second-order valence-electron chi connectivity index (χ2n) is 6.48. The van der Waals surface area contributed by atoms with E-state index in [0.717, 1.165) is 6.33 Å². The molecule has 0 saturated carbocycles. The van der Waals surface area contributed by atoms with Crippen LogP contribution in [0.4, 0.5) is 5.95 Å². The Bertz CT molecular complexity index is 1250. The molecule has 2 aromatic heterocycles. The smallest absolute Gasteiger partial charge is 0.322 e. The van der Waals surface area contributed by atoms with Crippen LogP contribution in [0.25, 0.3) is 11.2 Å². The fraction of sp³-hybridized carbons (Fsp3) is 0.471. The van der Waals surface area contributed by atoms with E-state index in [1.807, 2.05) is 5.32 Å². The summed E-state index contributed by atoms with van der Waals surface area (Å²) in [7, 11) is 0. The Hall–Kier alpha value is -3.66. The number of thioether (sulfide) groups is 1. The number of H-pyrrole nitrogens is 1. The van der Waals surface area contributed by atoms with Crippen molar-refractivity contribution < 1.29 is 34.9 Å². The summed E-state index contributed by atoms with van der Waals surface area (Å²) in [5.41, 5.74) is 6.43. The normalized spacial score (nSPS) is 15.4. The Balaban J connectivity index is 2.23. The van der Waals surface area contributed by atoms with Crippen molar-refractivity contribution in [1.82, 2.24) is 30.2 Å². The van der Waals surface area contributed by atoms with Crippen LogP contribution in [0.2, 0.25) is 0 Å². The molecule has 0 saturated heterocycles. The number of aryl methyl sites for hydroxylation is 1. The first-order valence-electron chi connectivity index (χ1n) is 11.2. The van der Waals surface area contributed by atoms with E-state index in [4.69, 9.17) is 27.2 Å². The van der Waals surface area contributed by atoms with E-state index in [9.17, 15) is 24.0 Å². The number of aromatic nitrogens is 4. The Kier molecular flexibility index (Phi) is 7.16. The maximum Gasteiger partial charge on any atom is 0.322 e. The lowest BCUT2D eigenvalue weighted by Gasteiger charge is -2.18. The number of aliphatic carboxylic acids is 2. The Morgan fingerprint density at radius 1 is 1.33 bits per heavy atom. The molecule has 0 aliphatic rings. The minimum Gasteiger partial charge on any atom is -0.480 e. The van der Waals surface area contributed by atoms with Crippen LogP contribution in [-0.2, 0) is 25.7 Å². The molecule has 0 radical (unpaired) electrons. The van der Waals surface area contributed by atoms with Crippen molar-refractivity contribution >= 4 is 52.6 Å². The molecule has 2 amide bonds. The highest BCUT2D eigenvalue weighted by molar-refractivity contribution is 7.99. The SMILES string of the molecule is [2H]C([2H])(SC[C@@H](NC(=O)CC[C@H](N)C(=O)O)C(=O)NCC(=O)O)C([2H])([2H])n1cnc2nc(N)[nH]c(=O)c21. The molecule has 2 rings (SSSR count). The monoisotopic (exact) mass is 488 g/mol. The average molecular weight is 489 g/mol. The van der Waals surface area contributed by atoms with E-state index in [2.05, 4.69) is 20.3 Å². The van der Waals surface area contributed by atoms with Gasteiger partial charge in [-0.2, -0.15) is 16.7 Å². The Morgan fingerprint density at radius 2 is 2.06 bits per heavy atom. The summed E-state index contributed by atoms with van der Waals surface area (Å²) in [5, 5.41) is 21.9. The number of nitrogens with zero attached hydrogens (tertiary/aromatic N) is 3. The third-order valence-corrected chi connectivity index (χ3v) is 4.72. The zero-order valence-electron chi connectivity index (χ0n) is 20.9. The lowest BCUT2D eigenvalue weighted by molar-refractivity contribution is -0.139. The van der Waals surface area contributed by atoms with Crippen LogP contribution in [0, 0.1) is 0 Å². The molecule has 0 unspecified atom stereocenters. The Morgan fingerprint density at radius 3 is 2.73 bits per heavy atom. The number of carboxylic acids is 2. The molecule has 0 bridgehead atoms. The van der Waals surface area contributed by atoms with E-state index in [1.54, 1.807) is 0 Å². The minimum absolute atomic E-state index is 0.233. The van der Waals surface area contributed by atoms with Crippen LogP contribution < -0.4 is 27.7 Å². The number of amides is 2. The van der Waals surface area contributed by atoms with Crippen LogP contribution in [0.15, 0.2) is 11.1 Å². The number of imidazole rings is 1. The first kappa shape index (κ1) is 20.0. The molecule has 2 heterocycles. The van der Waals surface area contributed by atoms with Crippen molar-refractivity contribution in [2.45, 2.75) is 31.4 Å². The number of nitrogens with two attached hydrogens (primary N) is 2. The standard InChI is InChI=1S/C17H24N8O7S/c18-8(16(31)32)1-2-10(26)22-9(14(29)20-5-11(27)28)6-33-4-3-25-7-21-13-12(25)15(30)24-17(19)23-13/h7-9H,1-6,18H2,(H,20,29)(H,22,26)(H,27,28)(H,31,32)(H3,19,23,24,30)/t8-,9+/m0/s1/i3D2,4D2. The second kappa shape index (κ2) is 11.8. The van der Waals surface area contributed by atoms with Gasteiger partial charge in [0.2, 0.25) is 17.8 Å². The first-order valence-corrected chi connectivity index (χ1v) is 10.2. The zero-order valence-corrected chi connectivity index (χ0v) is 17.7. The van der Waals surface area contributed by atoms with Crippen molar-refractivity contribution in [1.29, 1.82) is 0 Å². The fourth-order valence-electron chi connectivity index (χ4n) is 2.39. The highest BCUT2D eigenvalue weighted by Crippen LogP contribution is 2.10. The minimum atomic E-state index is -2.95. The maximum atomic E-state index is 12.5. The van der Waals surface area contributed by atoms with Crippen LogP contribution in [0.5, 0.6) is 0 Å². The number of hydrogen-bond donors (Lipinski definition) is 7. The van der Waals surface area contributed by atoms with Gasteiger partial charge in [0.15, 0.2) is 11.2 Å². The second-order valence-corrected chi connectivity index (χ2v) is 7.30. The fourth-order valence-corrected chi connectivity index (χ4v) is 3.03. The van der Waals surface area contributed by atoms with E-state index < -0.39 is 77.8 Å². The van der Waals surface area contributed by atoms with Crippen LogP contribution in [-0.4, -0.2) is 83.6 Å². The molecule has 2 aromatic rings. The summed E-state index contributed by atoms with van der Waals surface area (Å²) in [5.74, 6) is -5.44. The maximum absolute atomic E-state index is 12.5. The molecule has 0 spiro atoms. The van der Waals surface area contributed by atoms with Gasteiger partial charge < -0.3 is 36.9 Å². The van der Waals surface area contributed by atoms with E-state index in [-0.39, 0.29) is 29.8 Å². The summed E-state index contributed by atoms with van der Waals surface area (Å²) in [6.45, 7) is -3.76. The first-order chi connectivity index (χ1) is 17.1. The van der Waals surface area contributed by atoms with Crippen molar-refractivity contribution in [2.75, 3.05) is 23.7 Å². The Labute approximate surface area is 195 Å². The van der Waals surface area contributed by atoms with E-state index >= 15 is 0 Å². The number of anilines is 1. The quantitative estimate of drug-likeness (QED) is 0.152. The molecule has 0 aliphatic carbocycles. The topological polar surface area (TPSA) is 248 Å². The van der Waals surface area contributed by atoms with Gasteiger partial charge in [-0.25, -0.2) is 4.98 Å². The molecule has 0 aliphatic heterocycles. The third-order valence-electron chi connectivity index (χ3n) is 3.98. The summed E-state index contributed by atoms with van der Waals surface area (Å²) in [6.07, 6.45) is 0.172. The summed E-state index contributed by atoms with van der Waals surface area (Å²) < 4.78 is 33.9. The highest BCUT2D eigenvalue weighted by atomic mass is 32.2. The van der Waals surface area contributed by atoms with Gasteiger partial charge in [-0.15, -0.1) is 0 Å². The molecular weight excluding hydrogens is 460 g/mol. The lowest BCUT2D eigenvalue weighted by atomic mass is 10.1. The van der Waals surface area contributed by atoms with Gasteiger partial charge in [0.1, 0.15) is 18.6 Å². The van der Waals surface area contributed by atoms with Gasteiger partial charge in [0.25, 0.3) is 5.56 Å². The van der Waals surface area contributed by atoms with Crippen LogP contribution in [0.3, 0.4) is 0 Å². The molecule has 9 N–H and O–H groups in total. The van der Waals surface area contributed by atoms with Gasteiger partial charge in [-0.1, -0.05) is 0 Å². The van der Waals surface area contributed by atoms with Crippen molar-refractivity contribution in [3.05, 3.63) is 16.7 Å². The number of rotatable bonds is 13. The summed E-state index contributed by atoms with van der Waals surface area (Å²) in [6, 6.07) is -2.88.